The maximum Gasteiger partial charge on any atom is 0.126 e. The Morgan fingerprint density at radius 3 is 2.89 bits per heavy atom. The number of nitrogens with zero attached hydrogens (tertiary/aromatic N) is 2. The van der Waals surface area contributed by atoms with Gasteiger partial charge in [0.05, 0.1) is 12.1 Å². The zero-order valence-corrected chi connectivity index (χ0v) is 11.7. The summed E-state index contributed by atoms with van der Waals surface area (Å²) in [5.74, 6) is 1.56. The molecule has 0 aliphatic carbocycles. The molecule has 1 N–H and O–H groups in total. The maximum absolute atomic E-state index is 8.66. The highest BCUT2D eigenvalue weighted by molar-refractivity contribution is 9.10. The van der Waals surface area contributed by atoms with E-state index in [1.54, 1.807) is 12.1 Å². The van der Waals surface area contributed by atoms with Gasteiger partial charge in [0.1, 0.15) is 24.2 Å². The number of nitriles is 1. The van der Waals surface area contributed by atoms with E-state index < -0.39 is 0 Å². The minimum Gasteiger partial charge on any atom is -0.492 e. The lowest BCUT2D eigenvalue weighted by molar-refractivity contribution is 0.332. The molecule has 19 heavy (non-hydrogen) atoms. The number of rotatable bonds is 5. The van der Waals surface area contributed by atoms with Crippen molar-refractivity contribution in [1.29, 1.82) is 5.26 Å². The summed E-state index contributed by atoms with van der Waals surface area (Å²) in [6, 6.07) is 13.2. The predicted molar refractivity (Wildman–Crippen MR) is 77.1 cm³/mol. The molecule has 0 saturated heterocycles. The molecule has 0 atom stereocenters. The molecular weight excluding hydrogens is 306 g/mol. The van der Waals surface area contributed by atoms with Gasteiger partial charge < -0.3 is 10.1 Å². The van der Waals surface area contributed by atoms with E-state index in [4.69, 9.17) is 10.00 Å². The number of benzene rings is 1. The zero-order chi connectivity index (χ0) is 13.5. The number of ether oxygens (including phenoxy) is 1. The smallest absolute Gasteiger partial charge is 0.126 e. The van der Waals surface area contributed by atoms with Crippen LogP contribution in [-0.4, -0.2) is 18.1 Å². The Hall–Kier alpha value is -2.06. The van der Waals surface area contributed by atoms with Crippen molar-refractivity contribution in [2.24, 2.45) is 0 Å². The minimum absolute atomic E-state index is 0.540. The lowest BCUT2D eigenvalue weighted by Crippen LogP contribution is -2.12. The molecule has 1 heterocycles. The van der Waals surface area contributed by atoms with Gasteiger partial charge in [-0.25, -0.2) is 4.98 Å². The summed E-state index contributed by atoms with van der Waals surface area (Å²) in [6.45, 7) is 1.18. The maximum atomic E-state index is 8.66. The molecule has 0 bridgehead atoms. The van der Waals surface area contributed by atoms with Crippen molar-refractivity contribution in [1.82, 2.24) is 4.98 Å². The van der Waals surface area contributed by atoms with Crippen LogP contribution in [0.5, 0.6) is 5.75 Å². The van der Waals surface area contributed by atoms with Gasteiger partial charge in [0, 0.05) is 10.7 Å². The lowest BCUT2D eigenvalue weighted by Gasteiger charge is -2.08. The molecule has 5 heteroatoms. The van der Waals surface area contributed by atoms with Crippen LogP contribution in [0.4, 0.5) is 5.82 Å². The summed E-state index contributed by atoms with van der Waals surface area (Å²) in [6.07, 6.45) is 1.54. The highest BCUT2D eigenvalue weighted by Gasteiger charge is 1.96. The van der Waals surface area contributed by atoms with Gasteiger partial charge in [-0.3, -0.25) is 0 Å². The van der Waals surface area contributed by atoms with E-state index in [9.17, 15) is 0 Å². The number of halogens is 1. The molecule has 0 aliphatic rings. The van der Waals surface area contributed by atoms with Crippen LogP contribution < -0.4 is 10.1 Å². The van der Waals surface area contributed by atoms with Crippen molar-refractivity contribution in [2.45, 2.75) is 0 Å². The van der Waals surface area contributed by atoms with E-state index in [0.717, 1.165) is 16.0 Å². The van der Waals surface area contributed by atoms with Crippen LogP contribution in [0.2, 0.25) is 0 Å². The molecule has 2 rings (SSSR count). The molecule has 0 amide bonds. The third kappa shape index (κ3) is 4.27. The van der Waals surface area contributed by atoms with Crippen LogP contribution >= 0.6 is 15.9 Å². The van der Waals surface area contributed by atoms with Gasteiger partial charge in [-0.05, 0) is 30.3 Å². The Kier molecular flexibility index (Phi) is 4.76. The average Bonchev–Trinajstić information content (AvgIpc) is 2.44. The van der Waals surface area contributed by atoms with E-state index in [2.05, 4.69) is 26.2 Å². The molecule has 0 spiro atoms. The molecule has 1 aromatic heterocycles. The molecule has 0 aliphatic heterocycles. The third-order valence-corrected chi connectivity index (χ3v) is 2.86. The van der Waals surface area contributed by atoms with Gasteiger partial charge in [-0.15, -0.1) is 0 Å². The van der Waals surface area contributed by atoms with Crippen LogP contribution in [0.1, 0.15) is 5.56 Å². The summed E-state index contributed by atoms with van der Waals surface area (Å²) in [7, 11) is 0. The first-order valence-corrected chi connectivity index (χ1v) is 6.55. The number of anilines is 1. The molecule has 0 fully saturated rings. The van der Waals surface area contributed by atoms with Crippen LogP contribution in [-0.2, 0) is 0 Å². The Balaban J connectivity index is 1.76. The lowest BCUT2D eigenvalue weighted by atomic mass is 10.3. The second-order valence-electron chi connectivity index (χ2n) is 3.78. The minimum atomic E-state index is 0.540. The topological polar surface area (TPSA) is 57.9 Å². The molecule has 4 nitrogen and oxygen atoms in total. The largest absolute Gasteiger partial charge is 0.492 e. The van der Waals surface area contributed by atoms with Crippen molar-refractivity contribution in [3.8, 4) is 11.8 Å². The second-order valence-corrected chi connectivity index (χ2v) is 4.69. The predicted octanol–water partition coefficient (Wildman–Crippen LogP) is 3.21. The first-order valence-electron chi connectivity index (χ1n) is 5.76. The SMILES string of the molecule is N#Cc1ccc(NCCOc2cccc(Br)c2)nc1. The molecule has 0 unspecified atom stereocenters. The second kappa shape index (κ2) is 6.76. The van der Waals surface area contributed by atoms with Gasteiger partial charge in [-0.2, -0.15) is 5.26 Å². The molecule has 96 valence electrons. The standard InChI is InChI=1S/C14H12BrN3O/c15-12-2-1-3-13(8-12)19-7-6-17-14-5-4-11(9-16)10-18-14/h1-5,8,10H,6-7H2,(H,17,18). The Morgan fingerprint density at radius 1 is 1.32 bits per heavy atom. The fraction of sp³-hybridized carbons (Fsp3) is 0.143. The molecule has 0 saturated carbocycles. The van der Waals surface area contributed by atoms with Gasteiger partial charge in [0.2, 0.25) is 0 Å². The van der Waals surface area contributed by atoms with Crippen molar-refractivity contribution in [3.63, 3.8) is 0 Å². The summed E-state index contributed by atoms with van der Waals surface area (Å²) >= 11 is 3.39. The van der Waals surface area contributed by atoms with E-state index >= 15 is 0 Å². The monoisotopic (exact) mass is 317 g/mol. The Bertz CT molecular complexity index is 578. The van der Waals surface area contributed by atoms with Gasteiger partial charge in [0.25, 0.3) is 0 Å². The molecule has 1 aromatic carbocycles. The van der Waals surface area contributed by atoms with E-state index in [0.29, 0.717) is 18.7 Å². The fourth-order valence-electron chi connectivity index (χ4n) is 1.47. The number of hydrogen-bond donors (Lipinski definition) is 1. The fourth-order valence-corrected chi connectivity index (χ4v) is 1.85. The molecule has 2 aromatic rings. The highest BCUT2D eigenvalue weighted by atomic mass is 79.9. The van der Waals surface area contributed by atoms with Crippen LogP contribution in [0.25, 0.3) is 0 Å². The van der Waals surface area contributed by atoms with Crippen molar-refractivity contribution < 1.29 is 4.74 Å². The van der Waals surface area contributed by atoms with E-state index in [1.165, 1.54) is 6.20 Å². The van der Waals surface area contributed by atoms with Gasteiger partial charge >= 0.3 is 0 Å². The van der Waals surface area contributed by atoms with Crippen molar-refractivity contribution in [2.75, 3.05) is 18.5 Å². The normalized spacial score (nSPS) is 9.68. The van der Waals surface area contributed by atoms with E-state index in [1.807, 2.05) is 30.3 Å². The number of hydrogen-bond acceptors (Lipinski definition) is 4. The Morgan fingerprint density at radius 2 is 2.21 bits per heavy atom. The first-order chi connectivity index (χ1) is 9.28. The zero-order valence-electron chi connectivity index (χ0n) is 10.1. The van der Waals surface area contributed by atoms with Crippen LogP contribution in [0.3, 0.4) is 0 Å². The first kappa shape index (κ1) is 13.4. The van der Waals surface area contributed by atoms with Gasteiger partial charge in [0.15, 0.2) is 0 Å². The van der Waals surface area contributed by atoms with Crippen LogP contribution in [0.15, 0.2) is 47.1 Å². The summed E-state index contributed by atoms with van der Waals surface area (Å²) in [5.41, 5.74) is 0.552. The van der Waals surface area contributed by atoms with E-state index in [-0.39, 0.29) is 0 Å². The van der Waals surface area contributed by atoms with Gasteiger partial charge in [-0.1, -0.05) is 22.0 Å². The summed E-state index contributed by atoms with van der Waals surface area (Å²) in [4.78, 5) is 4.11. The number of aromatic nitrogens is 1. The molecular formula is C14H12BrN3O. The summed E-state index contributed by atoms with van der Waals surface area (Å²) < 4.78 is 6.57. The third-order valence-electron chi connectivity index (χ3n) is 2.37. The molecule has 0 radical (unpaired) electrons. The average molecular weight is 318 g/mol. The Labute approximate surface area is 120 Å². The quantitative estimate of drug-likeness (QED) is 0.860. The highest BCUT2D eigenvalue weighted by Crippen LogP contribution is 2.17. The number of pyridine rings is 1. The van der Waals surface area contributed by atoms with Crippen LogP contribution in [0, 0.1) is 11.3 Å². The number of nitrogens with one attached hydrogen (secondary N) is 1. The van der Waals surface area contributed by atoms with Crippen molar-refractivity contribution in [3.05, 3.63) is 52.6 Å². The summed E-state index contributed by atoms with van der Waals surface area (Å²) in [5, 5.41) is 11.8. The van der Waals surface area contributed by atoms with Crippen molar-refractivity contribution >= 4 is 21.7 Å².